The van der Waals surface area contributed by atoms with Crippen LogP contribution in [0.1, 0.15) is 11.3 Å². The van der Waals surface area contributed by atoms with Gasteiger partial charge in [0.2, 0.25) is 0 Å². The summed E-state index contributed by atoms with van der Waals surface area (Å²) in [5.41, 5.74) is 6.09. The molecule has 6 heteroatoms. The van der Waals surface area contributed by atoms with Crippen LogP contribution in [0, 0.1) is 0 Å². The molecule has 0 bridgehead atoms. The Morgan fingerprint density at radius 2 is 1.79 bits per heavy atom. The molecule has 0 amide bonds. The molecule has 0 aliphatic rings. The SMILES string of the molecule is NCc1ccccc1Nc1cccc(C(F)(F)F)n1. The van der Waals surface area contributed by atoms with Gasteiger partial charge in [-0.3, -0.25) is 0 Å². The van der Waals surface area contributed by atoms with Gasteiger partial charge >= 0.3 is 6.18 Å². The van der Waals surface area contributed by atoms with Crippen LogP contribution < -0.4 is 11.1 Å². The van der Waals surface area contributed by atoms with Crippen molar-refractivity contribution in [2.24, 2.45) is 5.73 Å². The zero-order valence-corrected chi connectivity index (χ0v) is 9.91. The Bertz CT molecular complexity index is 567. The van der Waals surface area contributed by atoms with E-state index in [-0.39, 0.29) is 5.82 Å². The van der Waals surface area contributed by atoms with Gasteiger partial charge in [-0.25, -0.2) is 4.98 Å². The number of nitrogens with one attached hydrogen (secondary N) is 1. The summed E-state index contributed by atoms with van der Waals surface area (Å²) >= 11 is 0. The average molecular weight is 267 g/mol. The number of rotatable bonds is 3. The second-order valence-electron chi connectivity index (χ2n) is 3.89. The Kier molecular flexibility index (Phi) is 3.71. The fraction of sp³-hybridized carbons (Fsp3) is 0.154. The molecular weight excluding hydrogens is 255 g/mol. The lowest BCUT2D eigenvalue weighted by Gasteiger charge is -2.12. The molecule has 0 radical (unpaired) electrons. The smallest absolute Gasteiger partial charge is 0.340 e. The highest BCUT2D eigenvalue weighted by Gasteiger charge is 2.32. The Balaban J connectivity index is 2.29. The summed E-state index contributed by atoms with van der Waals surface area (Å²) in [6.45, 7) is 0.294. The topological polar surface area (TPSA) is 50.9 Å². The van der Waals surface area contributed by atoms with E-state index in [0.29, 0.717) is 12.2 Å². The average Bonchev–Trinajstić information content (AvgIpc) is 2.39. The molecule has 0 saturated carbocycles. The van der Waals surface area contributed by atoms with Crippen molar-refractivity contribution in [2.75, 3.05) is 5.32 Å². The number of hydrogen-bond donors (Lipinski definition) is 2. The Labute approximate surface area is 108 Å². The molecule has 1 heterocycles. The van der Waals surface area contributed by atoms with E-state index in [9.17, 15) is 13.2 Å². The van der Waals surface area contributed by atoms with E-state index in [1.165, 1.54) is 12.1 Å². The van der Waals surface area contributed by atoms with Gasteiger partial charge in [-0.15, -0.1) is 0 Å². The van der Waals surface area contributed by atoms with E-state index >= 15 is 0 Å². The maximum Gasteiger partial charge on any atom is 0.433 e. The second kappa shape index (κ2) is 5.27. The molecule has 3 nitrogen and oxygen atoms in total. The van der Waals surface area contributed by atoms with Crippen LogP contribution >= 0.6 is 0 Å². The molecule has 1 aromatic carbocycles. The van der Waals surface area contributed by atoms with Crippen LogP contribution in [-0.2, 0) is 12.7 Å². The maximum atomic E-state index is 12.5. The zero-order chi connectivity index (χ0) is 13.9. The molecule has 0 aliphatic heterocycles. The predicted molar refractivity (Wildman–Crippen MR) is 66.9 cm³/mol. The first-order valence-electron chi connectivity index (χ1n) is 5.60. The first-order chi connectivity index (χ1) is 9.00. The minimum atomic E-state index is -4.45. The minimum absolute atomic E-state index is 0.135. The lowest BCUT2D eigenvalue weighted by molar-refractivity contribution is -0.141. The lowest BCUT2D eigenvalue weighted by atomic mass is 10.2. The number of para-hydroxylation sites is 1. The summed E-state index contributed by atoms with van der Waals surface area (Å²) in [6.07, 6.45) is -4.45. The molecule has 100 valence electrons. The van der Waals surface area contributed by atoms with Crippen molar-refractivity contribution in [2.45, 2.75) is 12.7 Å². The Morgan fingerprint density at radius 1 is 1.05 bits per heavy atom. The third-order valence-electron chi connectivity index (χ3n) is 2.54. The van der Waals surface area contributed by atoms with Gasteiger partial charge in [0.15, 0.2) is 0 Å². The monoisotopic (exact) mass is 267 g/mol. The van der Waals surface area contributed by atoms with Gasteiger partial charge in [0, 0.05) is 12.2 Å². The highest BCUT2D eigenvalue weighted by Crippen LogP contribution is 2.29. The predicted octanol–water partition coefficient (Wildman–Crippen LogP) is 3.30. The van der Waals surface area contributed by atoms with Crippen molar-refractivity contribution < 1.29 is 13.2 Å². The van der Waals surface area contributed by atoms with Gasteiger partial charge in [-0.05, 0) is 23.8 Å². The number of aromatic nitrogens is 1. The van der Waals surface area contributed by atoms with Crippen LogP contribution in [0.15, 0.2) is 42.5 Å². The molecule has 19 heavy (non-hydrogen) atoms. The van der Waals surface area contributed by atoms with Crippen molar-refractivity contribution in [3.05, 3.63) is 53.7 Å². The number of pyridine rings is 1. The quantitative estimate of drug-likeness (QED) is 0.897. The number of nitrogens with two attached hydrogens (primary N) is 1. The third-order valence-corrected chi connectivity index (χ3v) is 2.54. The number of anilines is 2. The van der Waals surface area contributed by atoms with Crippen LogP contribution in [0.4, 0.5) is 24.7 Å². The van der Waals surface area contributed by atoms with E-state index in [1.54, 1.807) is 18.2 Å². The number of hydrogen-bond acceptors (Lipinski definition) is 3. The fourth-order valence-corrected chi connectivity index (χ4v) is 1.62. The molecular formula is C13H12F3N3. The lowest BCUT2D eigenvalue weighted by Crippen LogP contribution is -2.09. The molecule has 1 aromatic heterocycles. The zero-order valence-electron chi connectivity index (χ0n) is 9.91. The summed E-state index contributed by atoms with van der Waals surface area (Å²) in [7, 11) is 0. The van der Waals surface area contributed by atoms with E-state index in [2.05, 4.69) is 10.3 Å². The third kappa shape index (κ3) is 3.23. The van der Waals surface area contributed by atoms with E-state index in [4.69, 9.17) is 5.73 Å². The second-order valence-corrected chi connectivity index (χ2v) is 3.89. The van der Waals surface area contributed by atoms with Gasteiger partial charge in [-0.1, -0.05) is 24.3 Å². The van der Waals surface area contributed by atoms with E-state index < -0.39 is 11.9 Å². The number of benzene rings is 1. The number of halogens is 3. The van der Waals surface area contributed by atoms with Gasteiger partial charge < -0.3 is 11.1 Å². The molecule has 0 spiro atoms. The molecule has 2 rings (SSSR count). The summed E-state index contributed by atoms with van der Waals surface area (Å²) < 4.78 is 37.6. The van der Waals surface area contributed by atoms with Gasteiger partial charge in [0.05, 0.1) is 0 Å². The molecule has 0 fully saturated rings. The molecule has 0 saturated heterocycles. The summed E-state index contributed by atoms with van der Waals surface area (Å²) in [5.74, 6) is 0.135. The first kappa shape index (κ1) is 13.4. The Hall–Kier alpha value is -2.08. The van der Waals surface area contributed by atoms with Crippen LogP contribution in [0.25, 0.3) is 0 Å². The Morgan fingerprint density at radius 3 is 2.47 bits per heavy atom. The van der Waals surface area contributed by atoms with Gasteiger partial charge in [0.1, 0.15) is 11.5 Å². The molecule has 0 unspecified atom stereocenters. The molecule has 0 atom stereocenters. The molecule has 3 N–H and O–H groups in total. The highest BCUT2D eigenvalue weighted by molar-refractivity contribution is 5.60. The van der Waals surface area contributed by atoms with Crippen molar-refractivity contribution in [3.8, 4) is 0 Å². The first-order valence-corrected chi connectivity index (χ1v) is 5.60. The van der Waals surface area contributed by atoms with Crippen LogP contribution in [-0.4, -0.2) is 4.98 Å². The van der Waals surface area contributed by atoms with Crippen molar-refractivity contribution >= 4 is 11.5 Å². The van der Waals surface area contributed by atoms with Crippen LogP contribution in [0.3, 0.4) is 0 Å². The van der Waals surface area contributed by atoms with Crippen LogP contribution in [0.2, 0.25) is 0 Å². The van der Waals surface area contributed by atoms with Gasteiger partial charge in [-0.2, -0.15) is 13.2 Å². The van der Waals surface area contributed by atoms with Crippen molar-refractivity contribution in [1.29, 1.82) is 0 Å². The number of alkyl halides is 3. The molecule has 2 aromatic rings. The van der Waals surface area contributed by atoms with Crippen molar-refractivity contribution in [1.82, 2.24) is 4.98 Å². The molecule has 0 aliphatic carbocycles. The highest BCUT2D eigenvalue weighted by atomic mass is 19.4. The van der Waals surface area contributed by atoms with E-state index in [0.717, 1.165) is 11.6 Å². The minimum Gasteiger partial charge on any atom is -0.340 e. The van der Waals surface area contributed by atoms with Crippen LogP contribution in [0.5, 0.6) is 0 Å². The van der Waals surface area contributed by atoms with E-state index in [1.807, 2.05) is 6.07 Å². The standard InChI is InChI=1S/C13H12F3N3/c14-13(15,16)11-6-3-7-12(19-11)18-10-5-2-1-4-9(10)8-17/h1-7H,8,17H2,(H,18,19). The summed E-state index contributed by atoms with van der Waals surface area (Å²) in [4.78, 5) is 3.54. The summed E-state index contributed by atoms with van der Waals surface area (Å²) in [6, 6.07) is 10.8. The maximum absolute atomic E-state index is 12.5. The van der Waals surface area contributed by atoms with Crippen molar-refractivity contribution in [3.63, 3.8) is 0 Å². The fourth-order valence-electron chi connectivity index (χ4n) is 1.62. The normalized spacial score (nSPS) is 11.4. The summed E-state index contributed by atoms with van der Waals surface area (Å²) in [5, 5.41) is 2.84. The number of nitrogens with zero attached hydrogens (tertiary/aromatic N) is 1. The van der Waals surface area contributed by atoms with Gasteiger partial charge in [0.25, 0.3) is 0 Å². The largest absolute Gasteiger partial charge is 0.433 e.